The first-order valence-electron chi connectivity index (χ1n) is 6.61. The lowest BCUT2D eigenvalue weighted by Gasteiger charge is -2.10. The number of rotatable bonds is 7. The number of carbonyl (C=O) groups excluding carboxylic acids is 1. The minimum absolute atomic E-state index is 0.0637. The van der Waals surface area contributed by atoms with Crippen LogP contribution < -0.4 is 10.1 Å². The molecule has 0 aliphatic rings. The first-order chi connectivity index (χ1) is 8.65. The summed E-state index contributed by atoms with van der Waals surface area (Å²) in [7, 11) is 0. The van der Waals surface area contributed by atoms with Gasteiger partial charge in [-0.2, -0.15) is 0 Å². The molecule has 0 bridgehead atoms. The highest BCUT2D eigenvalue weighted by Gasteiger charge is 2.04. The van der Waals surface area contributed by atoms with Crippen LogP contribution in [0.25, 0.3) is 0 Å². The Balaban J connectivity index is 2.29. The molecule has 1 amide bonds. The molecule has 0 saturated carbocycles. The van der Waals surface area contributed by atoms with Gasteiger partial charge >= 0.3 is 0 Å². The second-order valence-electron chi connectivity index (χ2n) is 4.50. The summed E-state index contributed by atoms with van der Waals surface area (Å²) in [6.45, 7) is 7.39. The molecule has 0 aliphatic heterocycles. The van der Waals surface area contributed by atoms with E-state index in [0.29, 0.717) is 13.0 Å². The van der Waals surface area contributed by atoms with Gasteiger partial charge in [0.15, 0.2) is 0 Å². The number of carbonyl (C=O) groups is 1. The number of amides is 1. The second-order valence-corrected chi connectivity index (χ2v) is 4.50. The smallest absolute Gasteiger partial charge is 0.223 e. The summed E-state index contributed by atoms with van der Waals surface area (Å²) in [5.41, 5.74) is 2.35. The van der Waals surface area contributed by atoms with Gasteiger partial charge in [0.1, 0.15) is 5.75 Å². The van der Waals surface area contributed by atoms with Crippen LogP contribution in [0.1, 0.15) is 37.3 Å². The van der Waals surface area contributed by atoms with Gasteiger partial charge in [-0.05, 0) is 37.5 Å². The fourth-order valence-electron chi connectivity index (χ4n) is 1.63. The highest BCUT2D eigenvalue weighted by atomic mass is 16.5. The lowest BCUT2D eigenvalue weighted by atomic mass is 10.1. The van der Waals surface area contributed by atoms with Crippen LogP contribution in [0.5, 0.6) is 5.75 Å². The Hall–Kier alpha value is -1.51. The molecule has 0 saturated heterocycles. The van der Waals surface area contributed by atoms with Crippen molar-refractivity contribution in [2.24, 2.45) is 0 Å². The summed E-state index contributed by atoms with van der Waals surface area (Å²) in [6.07, 6.45) is 2.54. The maximum Gasteiger partial charge on any atom is 0.223 e. The molecule has 0 atom stereocenters. The van der Waals surface area contributed by atoms with Crippen molar-refractivity contribution in [2.75, 3.05) is 13.2 Å². The van der Waals surface area contributed by atoms with Crippen LogP contribution in [-0.2, 0) is 4.79 Å². The Bertz CT molecular complexity index is 388. The maximum absolute atomic E-state index is 11.5. The zero-order valence-corrected chi connectivity index (χ0v) is 11.6. The predicted octanol–water partition coefficient (Wildman–Crippen LogP) is 2.99. The van der Waals surface area contributed by atoms with Crippen molar-refractivity contribution >= 4 is 5.91 Å². The summed E-state index contributed by atoms with van der Waals surface area (Å²) in [5.74, 6) is 0.935. The van der Waals surface area contributed by atoms with E-state index in [0.717, 1.165) is 30.7 Å². The second kappa shape index (κ2) is 7.75. The summed E-state index contributed by atoms with van der Waals surface area (Å²) in [6, 6.07) is 5.97. The topological polar surface area (TPSA) is 38.3 Å². The van der Waals surface area contributed by atoms with E-state index in [2.05, 4.69) is 25.2 Å². The number of benzene rings is 1. The van der Waals surface area contributed by atoms with Crippen LogP contribution in [0.3, 0.4) is 0 Å². The molecule has 3 heteroatoms. The molecule has 1 rings (SSSR count). The molecule has 0 aliphatic carbocycles. The molecule has 100 valence electrons. The highest BCUT2D eigenvalue weighted by Crippen LogP contribution is 2.20. The Morgan fingerprint density at radius 1 is 1.33 bits per heavy atom. The number of unbranched alkanes of at least 4 members (excludes halogenated alkanes) is 1. The van der Waals surface area contributed by atoms with Gasteiger partial charge in [0, 0.05) is 6.54 Å². The molecule has 0 aromatic heterocycles. The van der Waals surface area contributed by atoms with Crippen LogP contribution in [0.2, 0.25) is 0 Å². The van der Waals surface area contributed by atoms with Crippen LogP contribution in [0.4, 0.5) is 0 Å². The van der Waals surface area contributed by atoms with E-state index in [9.17, 15) is 4.79 Å². The third-order valence-corrected chi connectivity index (χ3v) is 2.99. The van der Waals surface area contributed by atoms with Crippen molar-refractivity contribution in [1.29, 1.82) is 0 Å². The van der Waals surface area contributed by atoms with E-state index in [1.807, 2.05) is 19.1 Å². The Kier molecular flexibility index (Phi) is 6.26. The highest BCUT2D eigenvalue weighted by molar-refractivity contribution is 5.75. The third-order valence-electron chi connectivity index (χ3n) is 2.99. The molecule has 3 nitrogen and oxygen atoms in total. The molecule has 1 aromatic carbocycles. The van der Waals surface area contributed by atoms with Crippen LogP contribution in [0, 0.1) is 13.8 Å². The summed E-state index contributed by atoms with van der Waals surface area (Å²) < 4.78 is 5.63. The van der Waals surface area contributed by atoms with Gasteiger partial charge in [0.05, 0.1) is 13.0 Å². The number of ether oxygens (including phenoxy) is 1. The van der Waals surface area contributed by atoms with Crippen molar-refractivity contribution in [2.45, 2.75) is 40.0 Å². The minimum atomic E-state index is 0.0637. The summed E-state index contributed by atoms with van der Waals surface area (Å²) >= 11 is 0. The first-order valence-corrected chi connectivity index (χ1v) is 6.61. The van der Waals surface area contributed by atoms with Crippen molar-refractivity contribution in [3.05, 3.63) is 29.3 Å². The summed E-state index contributed by atoms with van der Waals surface area (Å²) in [5, 5.41) is 2.88. The molecule has 1 aromatic rings. The molecule has 0 heterocycles. The van der Waals surface area contributed by atoms with Gasteiger partial charge in [-0.3, -0.25) is 4.79 Å². The Labute approximate surface area is 110 Å². The van der Waals surface area contributed by atoms with Gasteiger partial charge in [0.2, 0.25) is 5.91 Å². The molecular weight excluding hydrogens is 226 g/mol. The molecule has 0 radical (unpaired) electrons. The fourth-order valence-corrected chi connectivity index (χ4v) is 1.63. The number of aryl methyl sites for hydroxylation is 1. The number of hydrogen-bond donors (Lipinski definition) is 1. The summed E-state index contributed by atoms with van der Waals surface area (Å²) in [4.78, 5) is 11.5. The van der Waals surface area contributed by atoms with E-state index < -0.39 is 0 Å². The molecule has 1 N–H and O–H groups in total. The Morgan fingerprint density at radius 3 is 2.83 bits per heavy atom. The number of hydrogen-bond acceptors (Lipinski definition) is 2. The van der Waals surface area contributed by atoms with E-state index >= 15 is 0 Å². The lowest BCUT2D eigenvalue weighted by Crippen LogP contribution is -2.25. The lowest BCUT2D eigenvalue weighted by molar-refractivity contribution is -0.121. The van der Waals surface area contributed by atoms with Gasteiger partial charge in [-0.15, -0.1) is 0 Å². The molecule has 18 heavy (non-hydrogen) atoms. The van der Waals surface area contributed by atoms with Crippen molar-refractivity contribution in [3.8, 4) is 5.75 Å². The van der Waals surface area contributed by atoms with Crippen LogP contribution in [-0.4, -0.2) is 19.1 Å². The van der Waals surface area contributed by atoms with E-state index in [-0.39, 0.29) is 5.91 Å². The van der Waals surface area contributed by atoms with E-state index in [4.69, 9.17) is 4.74 Å². The largest absolute Gasteiger partial charge is 0.493 e. The van der Waals surface area contributed by atoms with Crippen molar-refractivity contribution < 1.29 is 9.53 Å². The van der Waals surface area contributed by atoms with Crippen LogP contribution >= 0.6 is 0 Å². The minimum Gasteiger partial charge on any atom is -0.493 e. The van der Waals surface area contributed by atoms with Crippen LogP contribution in [0.15, 0.2) is 18.2 Å². The normalized spacial score (nSPS) is 10.2. The van der Waals surface area contributed by atoms with Gasteiger partial charge < -0.3 is 10.1 Å². The van der Waals surface area contributed by atoms with E-state index in [1.165, 1.54) is 5.56 Å². The monoisotopic (exact) mass is 249 g/mol. The van der Waals surface area contributed by atoms with Crippen molar-refractivity contribution in [1.82, 2.24) is 5.32 Å². The predicted molar refractivity (Wildman–Crippen MR) is 73.9 cm³/mol. The quantitative estimate of drug-likeness (QED) is 0.754. The standard InChI is InChI=1S/C15H23NO2/c1-4-5-10-16-15(17)9-11-18-14-8-6-7-12(2)13(14)3/h6-8H,4-5,9-11H2,1-3H3,(H,16,17). The first kappa shape index (κ1) is 14.6. The zero-order chi connectivity index (χ0) is 13.4. The van der Waals surface area contributed by atoms with Gasteiger partial charge in [0.25, 0.3) is 0 Å². The Morgan fingerprint density at radius 2 is 2.11 bits per heavy atom. The fraction of sp³-hybridized carbons (Fsp3) is 0.533. The van der Waals surface area contributed by atoms with Gasteiger partial charge in [-0.25, -0.2) is 0 Å². The van der Waals surface area contributed by atoms with Gasteiger partial charge in [-0.1, -0.05) is 25.5 Å². The SMILES string of the molecule is CCCCNC(=O)CCOc1cccc(C)c1C. The molecule has 0 spiro atoms. The maximum atomic E-state index is 11.5. The molecule has 0 fully saturated rings. The number of nitrogens with one attached hydrogen (secondary N) is 1. The molecule has 0 unspecified atom stereocenters. The molecular formula is C15H23NO2. The van der Waals surface area contributed by atoms with Crippen molar-refractivity contribution in [3.63, 3.8) is 0 Å². The van der Waals surface area contributed by atoms with E-state index in [1.54, 1.807) is 0 Å². The third kappa shape index (κ3) is 4.78. The zero-order valence-electron chi connectivity index (χ0n) is 11.6. The average molecular weight is 249 g/mol. The average Bonchev–Trinajstić information content (AvgIpc) is 2.35.